The largest absolute Gasteiger partial charge is 0.340 e. The van der Waals surface area contributed by atoms with E-state index in [1.807, 2.05) is 23.4 Å². The molecule has 1 fully saturated rings. The summed E-state index contributed by atoms with van der Waals surface area (Å²) in [7, 11) is 2.04. The van der Waals surface area contributed by atoms with Crippen LogP contribution in [0.2, 0.25) is 0 Å². The Hall–Kier alpha value is -2.10. The first-order chi connectivity index (χ1) is 13.0. The summed E-state index contributed by atoms with van der Waals surface area (Å²) in [5, 5.41) is 5.01. The van der Waals surface area contributed by atoms with Gasteiger partial charge in [0, 0.05) is 39.0 Å². The van der Waals surface area contributed by atoms with Gasteiger partial charge in [-0.1, -0.05) is 17.4 Å². The molecule has 1 atom stereocenters. The van der Waals surface area contributed by atoms with E-state index in [2.05, 4.69) is 15.2 Å². The maximum atomic E-state index is 12.8. The Morgan fingerprint density at radius 2 is 2.00 bits per heavy atom. The number of hydrogen-bond donors (Lipinski definition) is 1. The van der Waals surface area contributed by atoms with Crippen molar-refractivity contribution in [1.29, 1.82) is 0 Å². The monoisotopic (exact) mass is 404 g/mol. The van der Waals surface area contributed by atoms with Crippen LogP contribution in [-0.4, -0.2) is 65.6 Å². The fourth-order valence-corrected chi connectivity index (χ4v) is 4.97. The molecule has 0 spiro atoms. The highest BCUT2D eigenvalue weighted by Gasteiger charge is 2.35. The molecular formula is C18H20N4O3S2. The molecule has 1 aliphatic carbocycles. The number of Topliss-reactive ketones (excluding diaryl/α,β-unsaturated/α-hetero) is 1. The molecule has 7 nitrogen and oxygen atoms in total. The summed E-state index contributed by atoms with van der Waals surface area (Å²) >= 11 is 2.55. The molecule has 4 rings (SSSR count). The van der Waals surface area contributed by atoms with Crippen LogP contribution in [0, 0.1) is 5.92 Å². The summed E-state index contributed by atoms with van der Waals surface area (Å²) in [4.78, 5) is 47.2. The quantitative estimate of drug-likeness (QED) is 0.846. The Labute approximate surface area is 165 Å². The normalized spacial score (nSPS) is 20.4. The fraction of sp³-hybridized carbons (Fsp3) is 0.444. The second kappa shape index (κ2) is 7.49. The lowest BCUT2D eigenvalue weighted by atomic mass is 9.88. The van der Waals surface area contributed by atoms with E-state index in [9.17, 15) is 14.4 Å². The Balaban J connectivity index is 1.46. The van der Waals surface area contributed by atoms with Crippen molar-refractivity contribution in [1.82, 2.24) is 14.8 Å². The summed E-state index contributed by atoms with van der Waals surface area (Å²) in [5.41, 5.74) is 0.630. The number of likely N-dealkylation sites (N-methyl/N-ethyl adjacent to an activating group) is 1. The lowest BCUT2D eigenvalue weighted by Crippen LogP contribution is -2.50. The fourth-order valence-electron chi connectivity index (χ4n) is 3.41. The number of amides is 2. The molecule has 2 amide bonds. The molecule has 142 valence electrons. The number of ketones is 1. The van der Waals surface area contributed by atoms with E-state index in [1.165, 1.54) is 22.7 Å². The Bertz CT molecular complexity index is 869. The first-order valence-electron chi connectivity index (χ1n) is 8.86. The van der Waals surface area contributed by atoms with Crippen LogP contribution in [0.3, 0.4) is 0 Å². The predicted octanol–water partition coefficient (Wildman–Crippen LogP) is 1.98. The second-order valence-corrected chi connectivity index (χ2v) is 8.83. The van der Waals surface area contributed by atoms with Crippen molar-refractivity contribution in [2.24, 2.45) is 5.92 Å². The molecule has 1 saturated heterocycles. The number of piperazine rings is 1. The minimum atomic E-state index is -0.351. The van der Waals surface area contributed by atoms with Crippen molar-refractivity contribution >= 4 is 45.4 Å². The lowest BCUT2D eigenvalue weighted by molar-refractivity contribution is -0.137. The standard InChI is InChI=1S/C18H20N4O3S2/c1-21-4-6-22(7-5-21)17(25)11-9-12-15(13(23)10-11)27-18(19-12)20-16(24)14-3-2-8-26-14/h2-3,8,11H,4-7,9-10H2,1H3,(H,19,20,24). The number of aromatic nitrogens is 1. The smallest absolute Gasteiger partial charge is 0.267 e. The molecule has 0 saturated carbocycles. The average Bonchev–Trinajstić information content (AvgIpc) is 3.31. The summed E-state index contributed by atoms with van der Waals surface area (Å²) < 4.78 is 0. The van der Waals surface area contributed by atoms with Gasteiger partial charge >= 0.3 is 0 Å². The number of nitrogens with zero attached hydrogens (tertiary/aromatic N) is 3. The highest BCUT2D eigenvalue weighted by atomic mass is 32.1. The first kappa shape index (κ1) is 18.3. The molecule has 1 N–H and O–H groups in total. The number of nitrogens with one attached hydrogen (secondary N) is 1. The minimum absolute atomic E-state index is 0.0410. The molecule has 2 aliphatic rings. The van der Waals surface area contributed by atoms with Crippen molar-refractivity contribution in [3.8, 4) is 0 Å². The van der Waals surface area contributed by atoms with E-state index in [-0.39, 0.29) is 29.9 Å². The van der Waals surface area contributed by atoms with Crippen molar-refractivity contribution in [3.05, 3.63) is 33.0 Å². The Morgan fingerprint density at radius 3 is 2.70 bits per heavy atom. The van der Waals surface area contributed by atoms with Gasteiger partial charge in [0.15, 0.2) is 10.9 Å². The van der Waals surface area contributed by atoms with Crippen molar-refractivity contribution in [2.45, 2.75) is 12.8 Å². The van der Waals surface area contributed by atoms with Crippen LogP contribution in [0.5, 0.6) is 0 Å². The first-order valence-corrected chi connectivity index (χ1v) is 10.6. The van der Waals surface area contributed by atoms with Gasteiger partial charge in [0.05, 0.1) is 21.4 Å². The van der Waals surface area contributed by atoms with Gasteiger partial charge in [-0.3, -0.25) is 19.7 Å². The predicted molar refractivity (Wildman–Crippen MR) is 105 cm³/mol. The summed E-state index contributed by atoms with van der Waals surface area (Å²) in [6, 6.07) is 3.55. The van der Waals surface area contributed by atoms with Gasteiger partial charge in [0.2, 0.25) is 5.91 Å². The van der Waals surface area contributed by atoms with E-state index in [0.29, 0.717) is 40.1 Å². The summed E-state index contributed by atoms with van der Waals surface area (Å²) in [5.74, 6) is -0.595. The van der Waals surface area contributed by atoms with Gasteiger partial charge in [0.1, 0.15) is 0 Å². The Kier molecular flexibility index (Phi) is 5.07. The number of thiophene rings is 1. The van der Waals surface area contributed by atoms with Gasteiger partial charge in [0.25, 0.3) is 5.91 Å². The number of rotatable bonds is 3. The summed E-state index contributed by atoms with van der Waals surface area (Å²) in [6.45, 7) is 3.11. The SMILES string of the molecule is CN1CCN(C(=O)C2CC(=O)c3sc(NC(=O)c4cccs4)nc3C2)CC1. The second-order valence-electron chi connectivity index (χ2n) is 6.88. The van der Waals surface area contributed by atoms with Crippen molar-refractivity contribution < 1.29 is 14.4 Å². The lowest BCUT2D eigenvalue weighted by Gasteiger charge is -2.35. The minimum Gasteiger partial charge on any atom is -0.340 e. The van der Waals surface area contributed by atoms with E-state index in [1.54, 1.807) is 6.07 Å². The van der Waals surface area contributed by atoms with Crippen LogP contribution in [0.1, 0.15) is 31.5 Å². The van der Waals surface area contributed by atoms with Gasteiger partial charge in [-0.15, -0.1) is 11.3 Å². The number of hydrogen-bond acceptors (Lipinski definition) is 7. The molecule has 0 aromatic carbocycles. The highest BCUT2D eigenvalue weighted by Crippen LogP contribution is 2.33. The zero-order valence-electron chi connectivity index (χ0n) is 14.9. The number of carbonyl (C=O) groups excluding carboxylic acids is 3. The summed E-state index contributed by atoms with van der Waals surface area (Å²) in [6.07, 6.45) is 0.677. The molecule has 1 unspecified atom stereocenters. The van der Waals surface area contributed by atoms with Crippen molar-refractivity contribution in [2.75, 3.05) is 38.5 Å². The molecular weight excluding hydrogens is 384 g/mol. The van der Waals surface area contributed by atoms with Crippen molar-refractivity contribution in [3.63, 3.8) is 0 Å². The van der Waals surface area contributed by atoms with Gasteiger partial charge in [-0.05, 0) is 18.5 Å². The molecule has 0 bridgehead atoms. The third-order valence-corrected chi connectivity index (χ3v) is 6.87. The molecule has 1 aliphatic heterocycles. The van der Waals surface area contributed by atoms with Crippen LogP contribution in [0.25, 0.3) is 0 Å². The molecule has 0 radical (unpaired) electrons. The highest BCUT2D eigenvalue weighted by molar-refractivity contribution is 7.18. The third-order valence-electron chi connectivity index (χ3n) is 4.95. The molecule has 27 heavy (non-hydrogen) atoms. The topological polar surface area (TPSA) is 82.6 Å². The molecule has 2 aromatic rings. The van der Waals surface area contributed by atoms with Crippen LogP contribution < -0.4 is 5.32 Å². The number of anilines is 1. The van der Waals surface area contributed by atoms with Crippen LogP contribution >= 0.6 is 22.7 Å². The van der Waals surface area contributed by atoms with E-state index >= 15 is 0 Å². The van der Waals surface area contributed by atoms with E-state index in [4.69, 9.17) is 0 Å². The van der Waals surface area contributed by atoms with Crippen LogP contribution in [0.15, 0.2) is 17.5 Å². The third kappa shape index (κ3) is 3.80. The Morgan fingerprint density at radius 1 is 1.22 bits per heavy atom. The van der Waals surface area contributed by atoms with Crippen LogP contribution in [0.4, 0.5) is 5.13 Å². The number of fused-ring (bicyclic) bond motifs is 1. The van der Waals surface area contributed by atoms with Gasteiger partial charge in [-0.2, -0.15) is 0 Å². The molecule has 2 aromatic heterocycles. The maximum Gasteiger partial charge on any atom is 0.267 e. The average molecular weight is 405 g/mol. The zero-order valence-corrected chi connectivity index (χ0v) is 16.6. The zero-order chi connectivity index (χ0) is 19.0. The van der Waals surface area contributed by atoms with Gasteiger partial charge in [-0.25, -0.2) is 4.98 Å². The number of thiazole rings is 1. The molecule has 3 heterocycles. The van der Waals surface area contributed by atoms with Gasteiger partial charge < -0.3 is 9.80 Å². The van der Waals surface area contributed by atoms with E-state index < -0.39 is 0 Å². The number of carbonyl (C=O) groups is 3. The van der Waals surface area contributed by atoms with Crippen LogP contribution in [-0.2, 0) is 11.2 Å². The van der Waals surface area contributed by atoms with E-state index in [0.717, 1.165) is 13.1 Å². The maximum absolute atomic E-state index is 12.8. The molecule has 9 heteroatoms.